The summed E-state index contributed by atoms with van der Waals surface area (Å²) >= 11 is 1.23. The van der Waals surface area contributed by atoms with Crippen molar-refractivity contribution in [3.05, 3.63) is 29.9 Å². The van der Waals surface area contributed by atoms with E-state index in [9.17, 15) is 8.42 Å². The second-order valence-electron chi connectivity index (χ2n) is 5.23. The SMILES string of the molecule is COc1nccnc1N1CC[C@H](N(C)S(=O)(=O)c2cccs2)C1. The van der Waals surface area contributed by atoms with Crippen molar-refractivity contribution in [3.8, 4) is 5.88 Å². The monoisotopic (exact) mass is 354 g/mol. The molecule has 0 saturated carbocycles. The number of ether oxygens (including phenoxy) is 1. The molecular weight excluding hydrogens is 336 g/mol. The zero-order chi connectivity index (χ0) is 16.4. The van der Waals surface area contributed by atoms with Crippen molar-refractivity contribution in [2.45, 2.75) is 16.7 Å². The molecule has 0 unspecified atom stereocenters. The summed E-state index contributed by atoms with van der Waals surface area (Å²) in [7, 11) is -0.256. The zero-order valence-electron chi connectivity index (χ0n) is 12.9. The molecule has 9 heteroatoms. The highest BCUT2D eigenvalue weighted by molar-refractivity contribution is 7.91. The summed E-state index contributed by atoms with van der Waals surface area (Å²) in [5.41, 5.74) is 0. The van der Waals surface area contributed by atoms with E-state index in [4.69, 9.17) is 4.74 Å². The molecule has 1 aliphatic rings. The van der Waals surface area contributed by atoms with Crippen LogP contribution in [0.2, 0.25) is 0 Å². The number of nitrogens with zero attached hydrogens (tertiary/aromatic N) is 4. The fraction of sp³-hybridized carbons (Fsp3) is 0.429. The molecule has 0 radical (unpaired) electrons. The molecule has 1 atom stereocenters. The molecule has 0 amide bonds. The molecule has 3 heterocycles. The average Bonchev–Trinajstić information content (AvgIpc) is 3.25. The van der Waals surface area contributed by atoms with E-state index >= 15 is 0 Å². The Balaban J connectivity index is 1.77. The fourth-order valence-corrected chi connectivity index (χ4v) is 5.21. The van der Waals surface area contributed by atoms with Crippen LogP contribution in [0.5, 0.6) is 5.88 Å². The molecule has 23 heavy (non-hydrogen) atoms. The van der Waals surface area contributed by atoms with Gasteiger partial charge in [-0.1, -0.05) is 6.07 Å². The number of thiophene rings is 1. The molecule has 124 valence electrons. The lowest BCUT2D eigenvalue weighted by Crippen LogP contribution is -2.38. The van der Waals surface area contributed by atoms with Crippen LogP contribution in [0.1, 0.15) is 6.42 Å². The van der Waals surface area contributed by atoms with E-state index in [2.05, 4.69) is 9.97 Å². The summed E-state index contributed by atoms with van der Waals surface area (Å²) in [6.45, 7) is 1.28. The molecule has 1 aliphatic heterocycles. The number of hydrogen-bond acceptors (Lipinski definition) is 7. The van der Waals surface area contributed by atoms with Gasteiger partial charge in [0.1, 0.15) is 4.21 Å². The molecule has 0 aromatic carbocycles. The smallest absolute Gasteiger partial charge is 0.257 e. The predicted molar refractivity (Wildman–Crippen MR) is 88.5 cm³/mol. The molecule has 0 bridgehead atoms. The summed E-state index contributed by atoms with van der Waals surface area (Å²) in [6.07, 6.45) is 3.92. The van der Waals surface area contributed by atoms with Crippen molar-refractivity contribution < 1.29 is 13.2 Å². The number of aromatic nitrogens is 2. The van der Waals surface area contributed by atoms with Gasteiger partial charge in [0, 0.05) is 38.6 Å². The Kier molecular flexibility index (Phi) is 4.51. The number of rotatable bonds is 5. The summed E-state index contributed by atoms with van der Waals surface area (Å²) in [6, 6.07) is 3.28. The second kappa shape index (κ2) is 6.42. The third-order valence-corrected chi connectivity index (χ3v) is 7.23. The quantitative estimate of drug-likeness (QED) is 0.809. The number of hydrogen-bond donors (Lipinski definition) is 0. The van der Waals surface area contributed by atoms with Crippen molar-refractivity contribution in [2.75, 3.05) is 32.1 Å². The largest absolute Gasteiger partial charge is 0.478 e. The molecule has 0 N–H and O–H groups in total. The van der Waals surface area contributed by atoms with Gasteiger partial charge in [-0.2, -0.15) is 4.31 Å². The van der Waals surface area contributed by atoms with Gasteiger partial charge in [0.25, 0.3) is 15.9 Å². The van der Waals surface area contributed by atoms with Gasteiger partial charge in [0.05, 0.1) is 7.11 Å². The van der Waals surface area contributed by atoms with Crippen molar-refractivity contribution in [2.24, 2.45) is 0 Å². The lowest BCUT2D eigenvalue weighted by Gasteiger charge is -2.24. The molecule has 2 aromatic rings. The van der Waals surface area contributed by atoms with Gasteiger partial charge in [0.2, 0.25) is 0 Å². The van der Waals surface area contributed by atoms with Crippen molar-refractivity contribution in [1.82, 2.24) is 14.3 Å². The van der Waals surface area contributed by atoms with Gasteiger partial charge >= 0.3 is 0 Å². The third-order valence-electron chi connectivity index (χ3n) is 3.95. The van der Waals surface area contributed by atoms with Gasteiger partial charge < -0.3 is 9.64 Å². The van der Waals surface area contributed by atoms with E-state index < -0.39 is 10.0 Å². The minimum atomic E-state index is -3.44. The minimum Gasteiger partial charge on any atom is -0.478 e. The van der Waals surface area contributed by atoms with E-state index in [1.807, 2.05) is 4.90 Å². The van der Waals surface area contributed by atoms with E-state index in [1.54, 1.807) is 44.1 Å². The number of anilines is 1. The zero-order valence-corrected chi connectivity index (χ0v) is 14.5. The highest BCUT2D eigenvalue weighted by atomic mass is 32.2. The molecule has 1 fully saturated rings. The summed E-state index contributed by atoms with van der Waals surface area (Å²) in [5, 5.41) is 1.77. The maximum Gasteiger partial charge on any atom is 0.257 e. The molecule has 1 saturated heterocycles. The van der Waals surface area contributed by atoms with E-state index in [1.165, 1.54) is 15.6 Å². The van der Waals surface area contributed by atoms with Crippen LogP contribution in [0.4, 0.5) is 5.82 Å². The van der Waals surface area contributed by atoms with Gasteiger partial charge in [-0.3, -0.25) is 0 Å². The number of methoxy groups -OCH3 is 1. The number of sulfonamides is 1. The Labute approximate surface area is 139 Å². The first-order valence-electron chi connectivity index (χ1n) is 7.15. The summed E-state index contributed by atoms with van der Waals surface area (Å²) in [5.74, 6) is 1.11. The molecule has 0 spiro atoms. The highest BCUT2D eigenvalue weighted by Crippen LogP contribution is 2.29. The van der Waals surface area contributed by atoms with Crippen LogP contribution in [-0.2, 0) is 10.0 Å². The van der Waals surface area contributed by atoms with Gasteiger partial charge in [-0.25, -0.2) is 18.4 Å². The van der Waals surface area contributed by atoms with Crippen LogP contribution >= 0.6 is 11.3 Å². The Morgan fingerprint density at radius 1 is 1.39 bits per heavy atom. The lowest BCUT2D eigenvalue weighted by molar-refractivity contribution is 0.387. The average molecular weight is 354 g/mol. The maximum absolute atomic E-state index is 12.6. The van der Waals surface area contributed by atoms with Crippen LogP contribution in [0.3, 0.4) is 0 Å². The first kappa shape index (κ1) is 16.2. The first-order valence-corrected chi connectivity index (χ1v) is 9.47. The van der Waals surface area contributed by atoms with Crippen LogP contribution < -0.4 is 9.64 Å². The van der Waals surface area contributed by atoms with Crippen molar-refractivity contribution in [1.29, 1.82) is 0 Å². The van der Waals surface area contributed by atoms with Crippen LogP contribution in [-0.4, -0.2) is 56.0 Å². The Bertz CT molecular complexity index is 764. The van der Waals surface area contributed by atoms with E-state index in [0.717, 1.165) is 6.42 Å². The van der Waals surface area contributed by atoms with Gasteiger partial charge in [0.15, 0.2) is 5.82 Å². The summed E-state index contributed by atoms with van der Waals surface area (Å²) in [4.78, 5) is 10.5. The topological polar surface area (TPSA) is 75.6 Å². The van der Waals surface area contributed by atoms with Gasteiger partial charge in [-0.05, 0) is 17.9 Å². The van der Waals surface area contributed by atoms with Crippen LogP contribution in [0, 0.1) is 0 Å². The first-order chi connectivity index (χ1) is 11.0. The standard InChI is InChI=1S/C14H18N4O3S2/c1-17(23(19,20)12-4-3-9-22-12)11-5-8-18(10-11)13-14(21-2)16-7-6-15-13/h3-4,6-7,9,11H,5,8,10H2,1-2H3/t11-/m0/s1. The number of likely N-dealkylation sites (N-methyl/N-ethyl adjacent to an activating group) is 1. The highest BCUT2D eigenvalue weighted by Gasteiger charge is 2.35. The van der Waals surface area contributed by atoms with Crippen molar-refractivity contribution >= 4 is 27.2 Å². The Morgan fingerprint density at radius 3 is 2.87 bits per heavy atom. The normalized spacial score (nSPS) is 18.6. The molecule has 2 aromatic heterocycles. The second-order valence-corrected chi connectivity index (χ2v) is 8.40. The lowest BCUT2D eigenvalue weighted by atomic mass is 10.3. The minimum absolute atomic E-state index is 0.103. The van der Waals surface area contributed by atoms with Gasteiger partial charge in [-0.15, -0.1) is 11.3 Å². The third kappa shape index (κ3) is 3.04. The van der Waals surface area contributed by atoms with E-state index in [-0.39, 0.29) is 6.04 Å². The maximum atomic E-state index is 12.6. The molecule has 7 nitrogen and oxygen atoms in total. The molecule has 0 aliphatic carbocycles. The van der Waals surface area contributed by atoms with E-state index in [0.29, 0.717) is 29.0 Å². The molecular formula is C14H18N4O3S2. The van der Waals surface area contributed by atoms with Crippen molar-refractivity contribution in [3.63, 3.8) is 0 Å². The molecule has 3 rings (SSSR count). The van der Waals surface area contributed by atoms with Crippen LogP contribution in [0.15, 0.2) is 34.1 Å². The summed E-state index contributed by atoms with van der Waals surface area (Å²) < 4.78 is 32.3. The Hall–Kier alpha value is -1.71. The fourth-order valence-electron chi connectivity index (χ4n) is 2.66. The predicted octanol–water partition coefficient (Wildman–Crippen LogP) is 1.45. The Morgan fingerprint density at radius 2 is 2.17 bits per heavy atom. The van der Waals surface area contributed by atoms with Crippen LogP contribution in [0.25, 0.3) is 0 Å².